The molecule has 2 aromatic rings. The summed E-state index contributed by atoms with van der Waals surface area (Å²) in [6.45, 7) is 6.57. The monoisotopic (exact) mass is 359 g/mol. The number of likely N-dealkylation sites (tertiary alicyclic amines) is 1. The summed E-state index contributed by atoms with van der Waals surface area (Å²) in [6.07, 6.45) is 5.19. The molecule has 2 aromatic heterocycles. The van der Waals surface area contributed by atoms with E-state index in [1.165, 1.54) is 10.6 Å². The number of ether oxygens (including phenoxy) is 2. The van der Waals surface area contributed by atoms with Crippen LogP contribution in [0.15, 0.2) is 29.9 Å². The number of aryl methyl sites for hydroxylation is 1. The van der Waals surface area contributed by atoms with Crippen LogP contribution in [0.4, 0.5) is 0 Å². The zero-order valence-electron chi connectivity index (χ0n) is 14.7. The Morgan fingerprint density at radius 3 is 2.92 bits per heavy atom. The molecule has 4 rings (SSSR count). The van der Waals surface area contributed by atoms with E-state index in [4.69, 9.17) is 9.47 Å². The second kappa shape index (κ2) is 7.50. The van der Waals surface area contributed by atoms with Gasteiger partial charge in [-0.3, -0.25) is 9.88 Å². The van der Waals surface area contributed by atoms with Crippen LogP contribution < -0.4 is 0 Å². The van der Waals surface area contributed by atoms with Crippen LogP contribution in [0.5, 0.6) is 0 Å². The molecule has 0 N–H and O–H groups in total. The molecule has 0 radical (unpaired) electrons. The van der Waals surface area contributed by atoms with Crippen LogP contribution >= 0.6 is 11.3 Å². The fraction of sp³-hybridized carbons (Fsp3) is 0.579. The molecule has 4 heterocycles. The minimum absolute atomic E-state index is 0.0219. The zero-order valence-corrected chi connectivity index (χ0v) is 15.5. The van der Waals surface area contributed by atoms with Gasteiger partial charge in [0.25, 0.3) is 0 Å². The molecule has 1 atom stereocenters. The highest BCUT2D eigenvalue weighted by molar-refractivity contribution is 7.09. The summed E-state index contributed by atoms with van der Waals surface area (Å²) in [5, 5.41) is 0. The topological polar surface area (TPSA) is 47.5 Å². The molecule has 2 saturated heterocycles. The molecule has 5 nitrogen and oxygen atoms in total. The van der Waals surface area contributed by atoms with E-state index in [9.17, 15) is 0 Å². The summed E-state index contributed by atoms with van der Waals surface area (Å²) >= 11 is 1.76. The van der Waals surface area contributed by atoms with Crippen LogP contribution in [0.1, 0.15) is 35.5 Å². The minimum Gasteiger partial charge on any atom is -0.372 e. The fourth-order valence-corrected chi connectivity index (χ4v) is 4.56. The Kier molecular flexibility index (Phi) is 5.12. The van der Waals surface area contributed by atoms with Gasteiger partial charge in [0.2, 0.25) is 0 Å². The minimum atomic E-state index is 0.0219. The maximum atomic E-state index is 6.21. The molecule has 2 fully saturated rings. The number of aromatic nitrogens is 2. The van der Waals surface area contributed by atoms with Crippen molar-refractivity contribution in [2.45, 2.75) is 51.0 Å². The maximum Gasteiger partial charge on any atom is 0.0892 e. The first-order chi connectivity index (χ1) is 12.2. The van der Waals surface area contributed by atoms with E-state index < -0.39 is 0 Å². The van der Waals surface area contributed by atoms with Crippen LogP contribution in [-0.4, -0.2) is 46.3 Å². The van der Waals surface area contributed by atoms with Gasteiger partial charge >= 0.3 is 0 Å². The smallest absolute Gasteiger partial charge is 0.0892 e. The molecule has 0 saturated carbocycles. The number of pyridine rings is 1. The SMILES string of the molecule is Cc1ncsc1CN1CCC2(CC1)CC(OCc1ccccn1)CO2. The van der Waals surface area contributed by atoms with Gasteiger partial charge in [-0.05, 0) is 31.9 Å². The van der Waals surface area contributed by atoms with E-state index in [-0.39, 0.29) is 11.7 Å². The summed E-state index contributed by atoms with van der Waals surface area (Å²) in [5.74, 6) is 0. The van der Waals surface area contributed by atoms with Gasteiger partial charge < -0.3 is 9.47 Å². The molecular formula is C19H25N3O2S. The standard InChI is InChI=1S/C19H25N3O2S/c1-15-18(25-14-21-15)11-22-8-5-19(6-9-22)10-17(13-24-19)23-12-16-4-2-3-7-20-16/h2-4,7,14,17H,5-6,8-13H2,1H3. The predicted molar refractivity (Wildman–Crippen MR) is 97.5 cm³/mol. The molecule has 0 bridgehead atoms. The van der Waals surface area contributed by atoms with Crippen molar-refractivity contribution in [1.82, 2.24) is 14.9 Å². The molecule has 25 heavy (non-hydrogen) atoms. The molecule has 1 unspecified atom stereocenters. The van der Waals surface area contributed by atoms with Crippen molar-refractivity contribution < 1.29 is 9.47 Å². The number of rotatable bonds is 5. The van der Waals surface area contributed by atoms with Gasteiger partial charge in [-0.15, -0.1) is 11.3 Å². The lowest BCUT2D eigenvalue weighted by molar-refractivity contribution is -0.0467. The Labute approximate surface area is 153 Å². The average molecular weight is 359 g/mol. The van der Waals surface area contributed by atoms with Gasteiger partial charge in [-0.25, -0.2) is 4.98 Å². The second-order valence-electron chi connectivity index (χ2n) is 7.09. The maximum absolute atomic E-state index is 6.21. The van der Waals surface area contributed by atoms with Crippen LogP contribution in [-0.2, 0) is 22.6 Å². The summed E-state index contributed by atoms with van der Waals surface area (Å²) < 4.78 is 12.2. The Morgan fingerprint density at radius 1 is 1.32 bits per heavy atom. The zero-order chi connectivity index (χ0) is 17.1. The molecule has 2 aliphatic heterocycles. The van der Waals surface area contributed by atoms with Crippen molar-refractivity contribution in [3.8, 4) is 0 Å². The van der Waals surface area contributed by atoms with Crippen LogP contribution in [0.3, 0.4) is 0 Å². The van der Waals surface area contributed by atoms with E-state index >= 15 is 0 Å². The largest absolute Gasteiger partial charge is 0.372 e. The number of hydrogen-bond donors (Lipinski definition) is 0. The van der Waals surface area contributed by atoms with E-state index in [1.807, 2.05) is 29.9 Å². The van der Waals surface area contributed by atoms with Crippen molar-refractivity contribution in [2.24, 2.45) is 0 Å². The Morgan fingerprint density at radius 2 is 2.20 bits per heavy atom. The van der Waals surface area contributed by atoms with Gasteiger partial charge in [0.15, 0.2) is 0 Å². The van der Waals surface area contributed by atoms with Crippen molar-refractivity contribution in [3.05, 3.63) is 46.2 Å². The van der Waals surface area contributed by atoms with Crippen molar-refractivity contribution >= 4 is 11.3 Å². The van der Waals surface area contributed by atoms with Gasteiger partial charge in [0.1, 0.15) is 0 Å². The second-order valence-corrected chi connectivity index (χ2v) is 8.03. The van der Waals surface area contributed by atoms with Crippen molar-refractivity contribution in [2.75, 3.05) is 19.7 Å². The Balaban J connectivity index is 1.25. The summed E-state index contributed by atoms with van der Waals surface area (Å²) in [5.41, 5.74) is 4.12. The predicted octanol–water partition coefficient (Wildman–Crippen LogP) is 3.19. The van der Waals surface area contributed by atoms with E-state index in [1.54, 1.807) is 11.3 Å². The Hall–Kier alpha value is -1.34. The lowest BCUT2D eigenvalue weighted by atomic mass is 9.88. The van der Waals surface area contributed by atoms with Crippen LogP contribution in [0.25, 0.3) is 0 Å². The van der Waals surface area contributed by atoms with E-state index in [0.717, 1.165) is 44.6 Å². The van der Waals surface area contributed by atoms with E-state index in [0.29, 0.717) is 13.2 Å². The van der Waals surface area contributed by atoms with Crippen LogP contribution in [0.2, 0.25) is 0 Å². The lowest BCUT2D eigenvalue weighted by Gasteiger charge is -2.38. The third-order valence-electron chi connectivity index (χ3n) is 5.35. The molecule has 0 aromatic carbocycles. The highest BCUT2D eigenvalue weighted by Crippen LogP contribution is 2.37. The first-order valence-corrected chi connectivity index (χ1v) is 9.87. The highest BCUT2D eigenvalue weighted by Gasteiger charge is 2.43. The summed E-state index contributed by atoms with van der Waals surface area (Å²) in [7, 11) is 0. The summed E-state index contributed by atoms with van der Waals surface area (Å²) in [4.78, 5) is 12.6. The average Bonchev–Trinajstić information content (AvgIpc) is 3.23. The first kappa shape index (κ1) is 17.1. The number of thiazole rings is 1. The van der Waals surface area contributed by atoms with Gasteiger partial charge in [-0.2, -0.15) is 0 Å². The van der Waals surface area contributed by atoms with E-state index in [2.05, 4.69) is 21.8 Å². The highest BCUT2D eigenvalue weighted by atomic mass is 32.1. The van der Waals surface area contributed by atoms with Gasteiger partial charge in [0, 0.05) is 37.1 Å². The molecule has 1 spiro atoms. The first-order valence-electron chi connectivity index (χ1n) is 8.99. The molecule has 0 aliphatic carbocycles. The lowest BCUT2D eigenvalue weighted by Crippen LogP contribution is -2.43. The van der Waals surface area contributed by atoms with Gasteiger partial charge in [0.05, 0.1) is 41.8 Å². The van der Waals surface area contributed by atoms with Gasteiger partial charge in [-0.1, -0.05) is 6.07 Å². The Bertz CT molecular complexity index is 683. The molecule has 0 amide bonds. The molecular weight excluding hydrogens is 334 g/mol. The van der Waals surface area contributed by atoms with Crippen molar-refractivity contribution in [1.29, 1.82) is 0 Å². The fourth-order valence-electron chi connectivity index (χ4n) is 3.74. The number of piperidine rings is 1. The summed E-state index contributed by atoms with van der Waals surface area (Å²) in [6, 6.07) is 5.93. The number of nitrogens with zero attached hydrogens (tertiary/aromatic N) is 3. The third kappa shape index (κ3) is 4.08. The van der Waals surface area contributed by atoms with Crippen molar-refractivity contribution in [3.63, 3.8) is 0 Å². The number of hydrogen-bond acceptors (Lipinski definition) is 6. The molecule has 6 heteroatoms. The quantitative estimate of drug-likeness (QED) is 0.820. The third-order valence-corrected chi connectivity index (χ3v) is 6.27. The normalized spacial score (nSPS) is 23.3. The van der Waals surface area contributed by atoms with Crippen LogP contribution in [0, 0.1) is 6.92 Å². The molecule has 2 aliphatic rings. The molecule has 134 valence electrons.